The Kier molecular flexibility index (Phi) is 7.91. The van der Waals surface area contributed by atoms with Crippen molar-refractivity contribution in [1.29, 1.82) is 0 Å². The zero-order valence-corrected chi connectivity index (χ0v) is 22.1. The van der Waals surface area contributed by atoms with E-state index in [1.54, 1.807) is 4.40 Å². The molecule has 7 nitrogen and oxygen atoms in total. The van der Waals surface area contributed by atoms with Crippen molar-refractivity contribution in [2.45, 2.75) is 59.9 Å². The van der Waals surface area contributed by atoms with Crippen LogP contribution in [0.4, 0.5) is 0 Å². The van der Waals surface area contributed by atoms with E-state index in [0.717, 1.165) is 49.8 Å². The fourth-order valence-corrected chi connectivity index (χ4v) is 5.19. The highest BCUT2D eigenvalue weighted by atomic mass is 32.1. The number of benzene rings is 1. The maximum atomic E-state index is 13.6. The third-order valence-electron chi connectivity index (χ3n) is 6.53. The molecule has 0 aliphatic heterocycles. The first-order valence-electron chi connectivity index (χ1n) is 12.7. The SMILES string of the molecule is CC(C)CCN(CCC(C)C)C(=O)c1ccc2c(c1)n(CCCCN)c1nc3ccsc3c(=O)n21. The van der Waals surface area contributed by atoms with Gasteiger partial charge in [-0.2, -0.15) is 0 Å². The lowest BCUT2D eigenvalue weighted by Crippen LogP contribution is -2.34. The number of carbonyl (C=O) groups is 1. The average Bonchev–Trinajstić information content (AvgIpc) is 3.41. The monoisotopic (exact) mass is 495 g/mol. The Bertz CT molecular complexity index is 1370. The lowest BCUT2D eigenvalue weighted by molar-refractivity contribution is 0.0741. The van der Waals surface area contributed by atoms with E-state index in [-0.39, 0.29) is 11.5 Å². The van der Waals surface area contributed by atoms with E-state index in [4.69, 9.17) is 10.7 Å². The third kappa shape index (κ3) is 5.28. The predicted molar refractivity (Wildman–Crippen MR) is 145 cm³/mol. The summed E-state index contributed by atoms with van der Waals surface area (Å²) in [6.45, 7) is 11.5. The normalized spacial score (nSPS) is 12.1. The summed E-state index contributed by atoms with van der Waals surface area (Å²) >= 11 is 1.41. The number of aromatic nitrogens is 3. The smallest absolute Gasteiger partial charge is 0.277 e. The second kappa shape index (κ2) is 10.9. The Morgan fingerprint density at radius 3 is 2.43 bits per heavy atom. The molecule has 0 atom stereocenters. The van der Waals surface area contributed by atoms with E-state index in [9.17, 15) is 9.59 Å². The molecule has 4 rings (SSSR count). The molecular weight excluding hydrogens is 458 g/mol. The molecule has 1 amide bonds. The van der Waals surface area contributed by atoms with Crippen LogP contribution in [0.15, 0.2) is 34.4 Å². The molecule has 0 saturated carbocycles. The highest BCUT2D eigenvalue weighted by molar-refractivity contribution is 7.17. The number of aryl methyl sites for hydroxylation is 1. The largest absolute Gasteiger partial charge is 0.339 e. The van der Waals surface area contributed by atoms with Gasteiger partial charge in [0.1, 0.15) is 4.70 Å². The Morgan fingerprint density at radius 2 is 1.77 bits per heavy atom. The van der Waals surface area contributed by atoms with Crippen LogP contribution >= 0.6 is 11.3 Å². The van der Waals surface area contributed by atoms with Crippen molar-refractivity contribution in [3.63, 3.8) is 0 Å². The van der Waals surface area contributed by atoms with Crippen molar-refractivity contribution in [1.82, 2.24) is 18.9 Å². The van der Waals surface area contributed by atoms with Crippen LogP contribution in [0.1, 0.15) is 63.7 Å². The third-order valence-corrected chi connectivity index (χ3v) is 7.43. The van der Waals surface area contributed by atoms with E-state index in [1.165, 1.54) is 11.3 Å². The molecule has 0 bridgehead atoms. The zero-order chi connectivity index (χ0) is 25.1. The highest BCUT2D eigenvalue weighted by Crippen LogP contribution is 2.25. The minimum Gasteiger partial charge on any atom is -0.339 e. The fourth-order valence-electron chi connectivity index (χ4n) is 4.43. The average molecular weight is 496 g/mol. The zero-order valence-electron chi connectivity index (χ0n) is 21.3. The van der Waals surface area contributed by atoms with Gasteiger partial charge in [-0.05, 0) is 73.7 Å². The van der Waals surface area contributed by atoms with Crippen LogP contribution in [0.3, 0.4) is 0 Å². The maximum Gasteiger partial charge on any atom is 0.277 e. The van der Waals surface area contributed by atoms with E-state index in [1.807, 2.05) is 34.5 Å². The summed E-state index contributed by atoms with van der Waals surface area (Å²) in [5, 5.41) is 1.90. The molecule has 2 N–H and O–H groups in total. The fraction of sp³-hybridized carbons (Fsp3) is 0.519. The lowest BCUT2D eigenvalue weighted by atomic mass is 10.1. The van der Waals surface area contributed by atoms with E-state index in [0.29, 0.717) is 46.5 Å². The first-order chi connectivity index (χ1) is 16.8. The Hall–Kier alpha value is -2.71. The number of imidazole rings is 1. The standard InChI is InChI=1S/C27H37N5O2S/c1-18(2)9-14-30(15-10-19(3)4)25(33)20-7-8-22-23(17-20)31(13-6-5-12-28)27-29-21-11-16-35-24(21)26(34)32(22)27/h7-8,11,16-19H,5-6,9-10,12-15,28H2,1-4H3. The Morgan fingerprint density at radius 1 is 1.06 bits per heavy atom. The first kappa shape index (κ1) is 25.4. The Balaban J connectivity index is 1.81. The van der Waals surface area contributed by atoms with Gasteiger partial charge in [0.2, 0.25) is 5.78 Å². The molecule has 0 saturated heterocycles. The van der Waals surface area contributed by atoms with Gasteiger partial charge in [0.25, 0.3) is 11.5 Å². The lowest BCUT2D eigenvalue weighted by Gasteiger charge is -2.24. The van der Waals surface area contributed by atoms with Gasteiger partial charge in [-0.3, -0.25) is 9.59 Å². The van der Waals surface area contributed by atoms with Crippen molar-refractivity contribution >= 4 is 44.3 Å². The molecule has 4 aromatic rings. The van der Waals surface area contributed by atoms with Gasteiger partial charge in [-0.25, -0.2) is 9.38 Å². The molecule has 8 heteroatoms. The van der Waals surface area contributed by atoms with Crippen LogP contribution in [0, 0.1) is 11.8 Å². The molecule has 0 aliphatic rings. The summed E-state index contributed by atoms with van der Waals surface area (Å²) in [7, 11) is 0. The highest BCUT2D eigenvalue weighted by Gasteiger charge is 2.21. The van der Waals surface area contributed by atoms with E-state index < -0.39 is 0 Å². The summed E-state index contributed by atoms with van der Waals surface area (Å²) in [5.41, 5.74) is 8.71. The van der Waals surface area contributed by atoms with E-state index >= 15 is 0 Å². The van der Waals surface area contributed by atoms with Crippen LogP contribution in [-0.4, -0.2) is 44.4 Å². The molecule has 3 heterocycles. The summed E-state index contributed by atoms with van der Waals surface area (Å²) in [6, 6.07) is 7.59. The van der Waals surface area contributed by atoms with Crippen molar-refractivity contribution < 1.29 is 4.79 Å². The number of fused-ring (bicyclic) bond motifs is 4. The van der Waals surface area contributed by atoms with Crippen LogP contribution in [-0.2, 0) is 6.54 Å². The summed E-state index contributed by atoms with van der Waals surface area (Å²) in [6.07, 6.45) is 3.71. The number of nitrogens with two attached hydrogens (primary N) is 1. The topological polar surface area (TPSA) is 85.6 Å². The van der Waals surface area contributed by atoms with Crippen LogP contribution in [0.5, 0.6) is 0 Å². The summed E-state index contributed by atoms with van der Waals surface area (Å²) in [4.78, 5) is 33.8. The number of unbranched alkanes of at least 4 members (excludes halogenated alkanes) is 1. The van der Waals surface area contributed by atoms with E-state index in [2.05, 4.69) is 32.3 Å². The molecule has 0 unspecified atom stereocenters. The quantitative estimate of drug-likeness (QED) is 0.292. The summed E-state index contributed by atoms with van der Waals surface area (Å²) < 4.78 is 4.42. The van der Waals surface area contributed by atoms with Crippen molar-refractivity contribution in [3.05, 3.63) is 45.6 Å². The van der Waals surface area contributed by atoms with Gasteiger partial charge in [-0.1, -0.05) is 27.7 Å². The summed E-state index contributed by atoms with van der Waals surface area (Å²) in [5.74, 6) is 1.73. The Labute approximate surface area is 210 Å². The molecule has 1 aromatic carbocycles. The number of amides is 1. The number of carbonyl (C=O) groups excluding carboxylic acids is 1. The van der Waals surface area contributed by atoms with Crippen LogP contribution in [0.25, 0.3) is 27.0 Å². The van der Waals surface area contributed by atoms with Crippen LogP contribution < -0.4 is 11.3 Å². The van der Waals surface area contributed by atoms with Gasteiger partial charge < -0.3 is 15.2 Å². The maximum absolute atomic E-state index is 13.6. The minimum atomic E-state index is -0.0582. The molecule has 188 valence electrons. The number of hydrogen-bond acceptors (Lipinski definition) is 5. The van der Waals surface area contributed by atoms with Gasteiger partial charge in [0.05, 0.1) is 16.6 Å². The second-order valence-electron chi connectivity index (χ2n) is 10.2. The van der Waals surface area contributed by atoms with Crippen LogP contribution in [0.2, 0.25) is 0 Å². The van der Waals surface area contributed by atoms with Crippen molar-refractivity contribution in [2.24, 2.45) is 17.6 Å². The van der Waals surface area contributed by atoms with Gasteiger partial charge in [0.15, 0.2) is 0 Å². The van der Waals surface area contributed by atoms with Gasteiger partial charge in [-0.15, -0.1) is 11.3 Å². The first-order valence-corrected chi connectivity index (χ1v) is 13.6. The van der Waals surface area contributed by atoms with Gasteiger partial charge >= 0.3 is 0 Å². The van der Waals surface area contributed by atoms with Gasteiger partial charge in [0, 0.05) is 25.2 Å². The molecular formula is C27H37N5O2S. The number of hydrogen-bond donors (Lipinski definition) is 1. The molecule has 35 heavy (non-hydrogen) atoms. The molecule has 0 spiro atoms. The van der Waals surface area contributed by atoms with Crippen molar-refractivity contribution in [2.75, 3.05) is 19.6 Å². The second-order valence-corrected chi connectivity index (χ2v) is 11.1. The predicted octanol–water partition coefficient (Wildman–Crippen LogP) is 5.14. The number of rotatable bonds is 11. The van der Waals surface area contributed by atoms with Crippen molar-refractivity contribution in [3.8, 4) is 0 Å². The number of nitrogens with zero attached hydrogens (tertiary/aromatic N) is 4. The molecule has 3 aromatic heterocycles. The molecule has 0 radical (unpaired) electrons. The molecule has 0 aliphatic carbocycles. The minimum absolute atomic E-state index is 0.0493. The molecule has 0 fully saturated rings. The number of thiophene rings is 1.